The van der Waals surface area contributed by atoms with Crippen LogP contribution in [-0.2, 0) is 6.42 Å². The van der Waals surface area contributed by atoms with Crippen LogP contribution in [0.4, 0.5) is 8.78 Å². The van der Waals surface area contributed by atoms with Gasteiger partial charge in [-0.15, -0.1) is 0 Å². The first-order valence-corrected chi connectivity index (χ1v) is 7.42. The molecule has 21 heavy (non-hydrogen) atoms. The zero-order valence-corrected chi connectivity index (χ0v) is 12.6. The van der Waals surface area contributed by atoms with Gasteiger partial charge in [0, 0.05) is 22.2 Å². The van der Waals surface area contributed by atoms with E-state index in [2.05, 4.69) is 5.32 Å². The van der Waals surface area contributed by atoms with Crippen molar-refractivity contribution in [1.82, 2.24) is 5.32 Å². The number of hydrogen-bond acceptors (Lipinski definition) is 1. The number of benzene rings is 2. The monoisotopic (exact) mass is 309 g/mol. The van der Waals surface area contributed by atoms with Crippen LogP contribution in [0.1, 0.15) is 30.5 Å². The summed E-state index contributed by atoms with van der Waals surface area (Å²) < 4.78 is 27.9. The molecule has 0 aliphatic rings. The first kappa shape index (κ1) is 15.9. The Kier molecular flexibility index (Phi) is 5.71. The maximum absolute atomic E-state index is 14.0. The Labute approximate surface area is 128 Å². The van der Waals surface area contributed by atoms with Crippen LogP contribution in [0.5, 0.6) is 0 Å². The third-order valence-electron chi connectivity index (χ3n) is 3.39. The highest BCUT2D eigenvalue weighted by atomic mass is 35.5. The highest BCUT2D eigenvalue weighted by Gasteiger charge is 2.18. The first-order chi connectivity index (χ1) is 10.1. The molecule has 0 spiro atoms. The van der Waals surface area contributed by atoms with E-state index in [4.69, 9.17) is 11.6 Å². The molecule has 1 N–H and O–H groups in total. The Morgan fingerprint density at radius 1 is 1.05 bits per heavy atom. The van der Waals surface area contributed by atoms with E-state index in [1.54, 1.807) is 30.3 Å². The lowest BCUT2D eigenvalue weighted by atomic mass is 9.97. The largest absolute Gasteiger partial charge is 0.310 e. The summed E-state index contributed by atoms with van der Waals surface area (Å²) in [5.41, 5.74) is 0.946. The summed E-state index contributed by atoms with van der Waals surface area (Å²) in [6, 6.07) is 10.8. The molecule has 2 aromatic rings. The summed E-state index contributed by atoms with van der Waals surface area (Å²) in [6.45, 7) is 2.76. The van der Waals surface area contributed by atoms with Gasteiger partial charge < -0.3 is 5.32 Å². The zero-order valence-electron chi connectivity index (χ0n) is 11.9. The van der Waals surface area contributed by atoms with Crippen molar-refractivity contribution in [3.63, 3.8) is 0 Å². The Balaban J connectivity index is 2.31. The van der Waals surface area contributed by atoms with E-state index < -0.39 is 0 Å². The van der Waals surface area contributed by atoms with Gasteiger partial charge in [0.25, 0.3) is 0 Å². The van der Waals surface area contributed by atoms with Crippen molar-refractivity contribution in [3.8, 4) is 0 Å². The second-order valence-electron chi connectivity index (χ2n) is 4.93. The lowest BCUT2D eigenvalue weighted by Gasteiger charge is -2.20. The Morgan fingerprint density at radius 3 is 2.43 bits per heavy atom. The topological polar surface area (TPSA) is 12.0 Å². The summed E-state index contributed by atoms with van der Waals surface area (Å²) in [5.74, 6) is -0.652. The van der Waals surface area contributed by atoms with Crippen molar-refractivity contribution in [2.45, 2.75) is 25.8 Å². The lowest BCUT2D eigenvalue weighted by molar-refractivity contribution is 0.487. The molecule has 1 unspecified atom stereocenters. The molecule has 112 valence electrons. The molecule has 0 aliphatic carbocycles. The van der Waals surface area contributed by atoms with Crippen molar-refractivity contribution < 1.29 is 8.78 Å². The minimum atomic E-state index is -0.359. The van der Waals surface area contributed by atoms with Gasteiger partial charge in [0.1, 0.15) is 11.6 Å². The van der Waals surface area contributed by atoms with Crippen LogP contribution >= 0.6 is 11.6 Å². The average molecular weight is 310 g/mol. The highest BCUT2D eigenvalue weighted by Crippen LogP contribution is 2.27. The molecule has 0 saturated carbocycles. The van der Waals surface area contributed by atoms with Gasteiger partial charge in [-0.3, -0.25) is 0 Å². The molecule has 1 nitrogen and oxygen atoms in total. The van der Waals surface area contributed by atoms with Gasteiger partial charge in [-0.05, 0) is 37.6 Å². The number of hydrogen-bond donors (Lipinski definition) is 1. The molecule has 0 saturated heterocycles. The van der Waals surface area contributed by atoms with E-state index >= 15 is 0 Å². The van der Waals surface area contributed by atoms with Crippen LogP contribution in [0, 0.1) is 11.6 Å². The molecule has 0 fully saturated rings. The molecule has 0 bridgehead atoms. The predicted octanol–water partition coefficient (Wildman–Crippen LogP) is 4.90. The fraction of sp³-hybridized carbons (Fsp3) is 0.294. The smallest absolute Gasteiger partial charge is 0.127 e. The molecule has 0 heterocycles. The number of halogens is 3. The Morgan fingerprint density at radius 2 is 1.76 bits per heavy atom. The third-order valence-corrected chi connectivity index (χ3v) is 3.75. The van der Waals surface area contributed by atoms with E-state index in [0.717, 1.165) is 13.0 Å². The highest BCUT2D eigenvalue weighted by molar-refractivity contribution is 6.31. The van der Waals surface area contributed by atoms with Gasteiger partial charge in [-0.2, -0.15) is 0 Å². The van der Waals surface area contributed by atoms with Crippen molar-refractivity contribution in [2.75, 3.05) is 6.54 Å². The summed E-state index contributed by atoms with van der Waals surface area (Å²) in [6.07, 6.45) is 1.22. The fourth-order valence-corrected chi connectivity index (χ4v) is 2.54. The first-order valence-electron chi connectivity index (χ1n) is 7.04. The van der Waals surface area contributed by atoms with Gasteiger partial charge in [-0.25, -0.2) is 8.78 Å². The minimum absolute atomic E-state index is 0.293. The summed E-state index contributed by atoms with van der Waals surface area (Å²) >= 11 is 6.07. The van der Waals surface area contributed by atoms with Gasteiger partial charge in [-0.1, -0.05) is 42.8 Å². The van der Waals surface area contributed by atoms with E-state index in [9.17, 15) is 8.78 Å². The van der Waals surface area contributed by atoms with E-state index in [-0.39, 0.29) is 17.7 Å². The Hall–Kier alpha value is -1.45. The molecule has 0 radical (unpaired) electrons. The second kappa shape index (κ2) is 7.53. The van der Waals surface area contributed by atoms with Crippen LogP contribution in [0.3, 0.4) is 0 Å². The van der Waals surface area contributed by atoms with Gasteiger partial charge >= 0.3 is 0 Å². The van der Waals surface area contributed by atoms with Gasteiger partial charge in [0.2, 0.25) is 0 Å². The van der Waals surface area contributed by atoms with Crippen LogP contribution in [0.25, 0.3) is 0 Å². The van der Waals surface area contributed by atoms with E-state index in [1.165, 1.54) is 12.1 Å². The second-order valence-corrected chi connectivity index (χ2v) is 5.34. The molecule has 2 aromatic carbocycles. The zero-order chi connectivity index (χ0) is 15.2. The van der Waals surface area contributed by atoms with Gasteiger partial charge in [0.15, 0.2) is 0 Å². The summed E-state index contributed by atoms with van der Waals surface area (Å²) in [5, 5.41) is 3.63. The molecule has 0 aliphatic heterocycles. The number of rotatable bonds is 6. The normalized spacial score (nSPS) is 12.4. The molecule has 2 rings (SSSR count). The third kappa shape index (κ3) is 4.02. The van der Waals surface area contributed by atoms with Crippen LogP contribution in [0.2, 0.25) is 5.02 Å². The van der Waals surface area contributed by atoms with Crippen LogP contribution in [-0.4, -0.2) is 6.54 Å². The Bertz CT molecular complexity index is 581. The number of nitrogens with one attached hydrogen (secondary N) is 1. The lowest BCUT2D eigenvalue weighted by Crippen LogP contribution is -2.25. The quantitative estimate of drug-likeness (QED) is 0.800. The van der Waals surface area contributed by atoms with Crippen molar-refractivity contribution >= 4 is 11.6 Å². The van der Waals surface area contributed by atoms with E-state index in [1.807, 2.05) is 6.92 Å². The molecule has 4 heteroatoms. The van der Waals surface area contributed by atoms with E-state index in [0.29, 0.717) is 22.6 Å². The summed E-state index contributed by atoms with van der Waals surface area (Å²) in [4.78, 5) is 0. The minimum Gasteiger partial charge on any atom is -0.310 e. The molecule has 0 aromatic heterocycles. The summed E-state index contributed by atoms with van der Waals surface area (Å²) in [7, 11) is 0. The average Bonchev–Trinajstić information content (AvgIpc) is 2.47. The fourth-order valence-electron chi connectivity index (χ4n) is 2.30. The molecular formula is C17H18ClF2N. The maximum Gasteiger partial charge on any atom is 0.127 e. The molecule has 0 amide bonds. The van der Waals surface area contributed by atoms with Crippen LogP contribution in [0.15, 0.2) is 42.5 Å². The van der Waals surface area contributed by atoms with Crippen LogP contribution < -0.4 is 5.32 Å². The molecule has 1 atom stereocenters. The van der Waals surface area contributed by atoms with Gasteiger partial charge in [0.05, 0.1) is 0 Å². The predicted molar refractivity (Wildman–Crippen MR) is 82.5 cm³/mol. The van der Waals surface area contributed by atoms with Crippen molar-refractivity contribution in [1.29, 1.82) is 0 Å². The van der Waals surface area contributed by atoms with Crippen molar-refractivity contribution in [3.05, 3.63) is 70.2 Å². The maximum atomic E-state index is 14.0. The SMILES string of the molecule is CCCNC(Cc1c(F)cccc1Cl)c1ccccc1F. The standard InChI is InChI=1S/C17H18ClF2N/c1-2-10-21-17(12-6-3-4-8-15(12)19)11-13-14(18)7-5-9-16(13)20/h3-9,17,21H,2,10-11H2,1H3. The molecular weight excluding hydrogens is 292 g/mol. The van der Waals surface area contributed by atoms with Crippen molar-refractivity contribution in [2.24, 2.45) is 0 Å².